The van der Waals surface area contributed by atoms with E-state index in [0.717, 1.165) is 24.0 Å². The number of nitrogens with one attached hydrogen (secondary N) is 1. The first kappa shape index (κ1) is 14.8. The zero-order chi connectivity index (χ0) is 15.4. The minimum Gasteiger partial charge on any atom is -0.352 e. The quantitative estimate of drug-likeness (QED) is 0.938. The van der Waals surface area contributed by atoms with E-state index in [1.807, 2.05) is 49.6 Å². The van der Waals surface area contributed by atoms with Crippen molar-refractivity contribution < 1.29 is 4.79 Å². The molecule has 116 valence electrons. The van der Waals surface area contributed by atoms with E-state index in [0.29, 0.717) is 6.04 Å². The third-order valence-electron chi connectivity index (χ3n) is 4.44. The van der Waals surface area contributed by atoms with Gasteiger partial charge in [-0.15, -0.1) is 0 Å². The first-order valence-electron chi connectivity index (χ1n) is 8.14. The minimum atomic E-state index is -0.278. The Labute approximate surface area is 131 Å². The van der Waals surface area contributed by atoms with Gasteiger partial charge in [-0.2, -0.15) is 5.10 Å². The smallest absolute Gasteiger partial charge is 0.244 e. The van der Waals surface area contributed by atoms with Gasteiger partial charge in [0.1, 0.15) is 6.04 Å². The molecule has 0 radical (unpaired) electrons. The van der Waals surface area contributed by atoms with Gasteiger partial charge in [0.15, 0.2) is 0 Å². The third kappa shape index (κ3) is 3.38. The van der Waals surface area contributed by atoms with Crippen molar-refractivity contribution in [1.29, 1.82) is 0 Å². The molecule has 0 saturated heterocycles. The van der Waals surface area contributed by atoms with Gasteiger partial charge >= 0.3 is 0 Å². The molecular weight excluding hydrogens is 274 g/mol. The van der Waals surface area contributed by atoms with E-state index in [-0.39, 0.29) is 11.9 Å². The highest BCUT2D eigenvalue weighted by Gasteiger charge is 2.21. The average Bonchev–Trinajstić information content (AvgIpc) is 3.06. The number of hydrogen-bond acceptors (Lipinski definition) is 2. The first-order chi connectivity index (χ1) is 10.7. The second kappa shape index (κ2) is 6.77. The van der Waals surface area contributed by atoms with E-state index >= 15 is 0 Å². The largest absolute Gasteiger partial charge is 0.352 e. The number of amides is 1. The highest BCUT2D eigenvalue weighted by Crippen LogP contribution is 2.21. The lowest BCUT2D eigenvalue weighted by Crippen LogP contribution is -2.40. The number of rotatable bonds is 4. The summed E-state index contributed by atoms with van der Waals surface area (Å²) in [5.74, 6) is 0.0645. The van der Waals surface area contributed by atoms with Crippen molar-refractivity contribution in [2.45, 2.75) is 51.1 Å². The molecule has 0 aliphatic heterocycles. The summed E-state index contributed by atoms with van der Waals surface area (Å²) in [6.45, 7) is 1.90. The van der Waals surface area contributed by atoms with Crippen molar-refractivity contribution in [1.82, 2.24) is 15.1 Å². The van der Waals surface area contributed by atoms with E-state index in [1.54, 1.807) is 4.68 Å². The lowest BCUT2D eigenvalue weighted by atomic mass is 9.95. The van der Waals surface area contributed by atoms with Crippen molar-refractivity contribution in [3.05, 3.63) is 42.7 Å². The Morgan fingerprint density at radius 3 is 2.64 bits per heavy atom. The number of aromatic nitrogens is 2. The maximum atomic E-state index is 12.4. The van der Waals surface area contributed by atoms with Crippen molar-refractivity contribution in [2.75, 3.05) is 0 Å². The van der Waals surface area contributed by atoms with Gasteiger partial charge in [0.2, 0.25) is 5.91 Å². The molecule has 1 atom stereocenters. The fourth-order valence-corrected chi connectivity index (χ4v) is 3.02. The van der Waals surface area contributed by atoms with E-state index in [4.69, 9.17) is 0 Å². The molecule has 1 aromatic heterocycles. The zero-order valence-corrected chi connectivity index (χ0v) is 13.0. The summed E-state index contributed by atoms with van der Waals surface area (Å²) in [5, 5.41) is 7.53. The highest BCUT2D eigenvalue weighted by molar-refractivity contribution is 5.80. The topological polar surface area (TPSA) is 46.9 Å². The molecule has 1 fully saturated rings. The van der Waals surface area contributed by atoms with E-state index in [1.165, 1.54) is 19.3 Å². The van der Waals surface area contributed by atoms with Crippen LogP contribution in [0.3, 0.4) is 0 Å². The molecule has 1 unspecified atom stereocenters. The van der Waals surface area contributed by atoms with Gasteiger partial charge in [0.25, 0.3) is 0 Å². The van der Waals surface area contributed by atoms with Gasteiger partial charge < -0.3 is 5.32 Å². The number of carbonyl (C=O) groups excluding carboxylic acids is 1. The van der Waals surface area contributed by atoms with Crippen LogP contribution in [0.15, 0.2) is 42.7 Å². The normalized spacial score (nSPS) is 17.1. The van der Waals surface area contributed by atoms with Crippen LogP contribution < -0.4 is 5.32 Å². The molecule has 0 bridgehead atoms. The molecule has 0 spiro atoms. The van der Waals surface area contributed by atoms with Gasteiger partial charge in [0, 0.05) is 17.8 Å². The molecule has 1 aliphatic carbocycles. The van der Waals surface area contributed by atoms with Crippen LogP contribution >= 0.6 is 0 Å². The lowest BCUT2D eigenvalue weighted by molar-refractivity contribution is -0.125. The standard InChI is InChI=1S/C18H23N3O/c1-14(18(22)20-17-10-6-3-7-11-17)21-13-16(12-19-21)15-8-4-2-5-9-15/h2,4-5,8-9,12-14,17H,3,6-7,10-11H2,1H3,(H,20,22). The molecule has 1 saturated carbocycles. The first-order valence-corrected chi connectivity index (χ1v) is 8.14. The molecule has 1 aliphatic rings. The van der Waals surface area contributed by atoms with Gasteiger partial charge in [-0.3, -0.25) is 9.48 Å². The van der Waals surface area contributed by atoms with Crippen LogP contribution in [-0.4, -0.2) is 21.7 Å². The van der Waals surface area contributed by atoms with Crippen LogP contribution in [0.5, 0.6) is 0 Å². The van der Waals surface area contributed by atoms with Gasteiger partial charge in [-0.05, 0) is 25.3 Å². The highest BCUT2D eigenvalue weighted by atomic mass is 16.2. The molecule has 3 rings (SSSR count). The molecule has 1 amide bonds. The Hall–Kier alpha value is -2.10. The van der Waals surface area contributed by atoms with Crippen LogP contribution in [0.1, 0.15) is 45.1 Å². The number of hydrogen-bond donors (Lipinski definition) is 1. The predicted molar refractivity (Wildman–Crippen MR) is 87.4 cm³/mol. The Morgan fingerprint density at radius 1 is 1.18 bits per heavy atom. The van der Waals surface area contributed by atoms with Crippen LogP contribution in [0.25, 0.3) is 11.1 Å². The fourth-order valence-electron chi connectivity index (χ4n) is 3.02. The summed E-state index contributed by atoms with van der Waals surface area (Å²) < 4.78 is 1.75. The van der Waals surface area contributed by atoms with Crippen molar-refractivity contribution in [2.24, 2.45) is 0 Å². The monoisotopic (exact) mass is 297 g/mol. The van der Waals surface area contributed by atoms with E-state index in [2.05, 4.69) is 10.4 Å². The molecule has 1 aromatic carbocycles. The Balaban J connectivity index is 1.65. The summed E-state index contributed by atoms with van der Waals surface area (Å²) in [6, 6.07) is 10.2. The van der Waals surface area contributed by atoms with E-state index < -0.39 is 0 Å². The van der Waals surface area contributed by atoms with Crippen LogP contribution in [0.2, 0.25) is 0 Å². The Bertz CT molecular complexity index is 614. The molecule has 4 nitrogen and oxygen atoms in total. The van der Waals surface area contributed by atoms with Crippen LogP contribution in [-0.2, 0) is 4.79 Å². The SMILES string of the molecule is CC(C(=O)NC1CCCCC1)n1cc(-c2ccccc2)cn1. The Kier molecular flexibility index (Phi) is 4.56. The van der Waals surface area contributed by atoms with Crippen molar-refractivity contribution in [3.8, 4) is 11.1 Å². The summed E-state index contributed by atoms with van der Waals surface area (Å²) >= 11 is 0. The molecule has 1 N–H and O–H groups in total. The van der Waals surface area contributed by atoms with Crippen LogP contribution in [0.4, 0.5) is 0 Å². The molecule has 1 heterocycles. The fraction of sp³-hybridized carbons (Fsp3) is 0.444. The van der Waals surface area contributed by atoms with Gasteiger partial charge in [0.05, 0.1) is 6.20 Å². The molecular formula is C18H23N3O. The maximum Gasteiger partial charge on any atom is 0.244 e. The van der Waals surface area contributed by atoms with Crippen molar-refractivity contribution >= 4 is 5.91 Å². The zero-order valence-electron chi connectivity index (χ0n) is 13.0. The average molecular weight is 297 g/mol. The summed E-state index contributed by atoms with van der Waals surface area (Å²) in [6.07, 6.45) is 9.71. The number of benzene rings is 1. The van der Waals surface area contributed by atoms with Crippen molar-refractivity contribution in [3.63, 3.8) is 0 Å². The van der Waals surface area contributed by atoms with Gasteiger partial charge in [-0.1, -0.05) is 49.6 Å². The molecule has 22 heavy (non-hydrogen) atoms. The predicted octanol–water partition coefficient (Wildman–Crippen LogP) is 3.56. The minimum absolute atomic E-state index is 0.0645. The van der Waals surface area contributed by atoms with E-state index in [9.17, 15) is 4.79 Å². The molecule has 2 aromatic rings. The maximum absolute atomic E-state index is 12.4. The Morgan fingerprint density at radius 2 is 1.91 bits per heavy atom. The lowest BCUT2D eigenvalue weighted by Gasteiger charge is -2.24. The van der Waals surface area contributed by atoms with Gasteiger partial charge in [-0.25, -0.2) is 0 Å². The second-order valence-corrected chi connectivity index (χ2v) is 6.09. The summed E-state index contributed by atoms with van der Waals surface area (Å²) in [5.41, 5.74) is 2.16. The number of nitrogens with zero attached hydrogens (tertiary/aromatic N) is 2. The van der Waals surface area contributed by atoms with Crippen LogP contribution in [0, 0.1) is 0 Å². The summed E-state index contributed by atoms with van der Waals surface area (Å²) in [4.78, 5) is 12.4. The summed E-state index contributed by atoms with van der Waals surface area (Å²) in [7, 11) is 0. The number of carbonyl (C=O) groups is 1. The molecule has 4 heteroatoms. The third-order valence-corrected chi connectivity index (χ3v) is 4.44. The second-order valence-electron chi connectivity index (χ2n) is 6.09.